The van der Waals surface area contributed by atoms with Gasteiger partial charge in [-0.3, -0.25) is 0 Å². The minimum absolute atomic E-state index is 0. The van der Waals surface area contributed by atoms with E-state index < -0.39 is 0 Å². The van der Waals surface area contributed by atoms with Crippen molar-refractivity contribution >= 4 is 39.7 Å². The second kappa shape index (κ2) is 6.93. The molecule has 2 atom stereocenters. The number of nitrogens with one attached hydrogen (secondary N) is 2. The lowest BCUT2D eigenvalue weighted by atomic mass is 10.1. The fraction of sp³-hybridized carbons (Fsp3) is 0.600. The molecule has 1 fully saturated rings. The molecule has 16 heavy (non-hydrogen) atoms. The van der Waals surface area contributed by atoms with Crippen LogP contribution in [0.25, 0.3) is 0 Å². The van der Waals surface area contributed by atoms with E-state index in [1.165, 1.54) is 9.35 Å². The number of rotatable bonds is 4. The third-order valence-corrected chi connectivity index (χ3v) is 4.61. The molecular formula is C10H16BrClN2OS. The molecule has 0 amide bonds. The fourth-order valence-corrected chi connectivity index (χ4v) is 3.21. The maximum Gasteiger partial charge on any atom is 0.0716 e. The van der Waals surface area contributed by atoms with Gasteiger partial charge in [0, 0.05) is 41.4 Å². The molecule has 0 aromatic carbocycles. The summed E-state index contributed by atoms with van der Waals surface area (Å²) in [6.45, 7) is 3.40. The Morgan fingerprint density at radius 3 is 2.94 bits per heavy atom. The Balaban J connectivity index is 0.00000128. The monoisotopic (exact) mass is 326 g/mol. The van der Waals surface area contributed by atoms with E-state index >= 15 is 0 Å². The summed E-state index contributed by atoms with van der Waals surface area (Å²) in [5.74, 6) is 0.351. The third-order valence-electron chi connectivity index (χ3n) is 2.69. The molecule has 1 aromatic rings. The van der Waals surface area contributed by atoms with Gasteiger partial charge < -0.3 is 15.7 Å². The number of halogens is 2. The smallest absolute Gasteiger partial charge is 0.0716 e. The number of β-amino-alcohol motifs (C(OH)–C–C–N with tert-alkyl or cyclic N) is 1. The van der Waals surface area contributed by atoms with Gasteiger partial charge in [0.15, 0.2) is 0 Å². The highest BCUT2D eigenvalue weighted by Crippen LogP contribution is 2.22. The minimum Gasteiger partial charge on any atom is -0.391 e. The normalized spacial score (nSPS) is 24.4. The van der Waals surface area contributed by atoms with Gasteiger partial charge in [-0.15, -0.1) is 23.7 Å². The molecule has 6 heteroatoms. The number of hydrogen-bond donors (Lipinski definition) is 3. The van der Waals surface area contributed by atoms with Crippen LogP contribution in [-0.2, 0) is 6.54 Å². The summed E-state index contributed by atoms with van der Waals surface area (Å²) in [7, 11) is 0. The summed E-state index contributed by atoms with van der Waals surface area (Å²) in [5, 5.41) is 18.2. The summed E-state index contributed by atoms with van der Waals surface area (Å²) >= 11 is 5.25. The number of aliphatic hydroxyl groups is 1. The minimum atomic E-state index is -0.190. The van der Waals surface area contributed by atoms with E-state index in [1.807, 2.05) is 0 Å². The lowest BCUT2D eigenvalue weighted by Gasteiger charge is -2.13. The lowest BCUT2D eigenvalue weighted by molar-refractivity contribution is 0.146. The molecule has 3 nitrogen and oxygen atoms in total. The maximum atomic E-state index is 9.59. The Morgan fingerprint density at radius 1 is 1.56 bits per heavy atom. The van der Waals surface area contributed by atoms with Crippen molar-refractivity contribution in [2.24, 2.45) is 5.92 Å². The maximum absolute atomic E-state index is 9.59. The first-order valence-electron chi connectivity index (χ1n) is 5.08. The molecule has 2 unspecified atom stereocenters. The molecule has 92 valence electrons. The molecule has 1 aromatic heterocycles. The van der Waals surface area contributed by atoms with Crippen molar-refractivity contribution in [3.8, 4) is 0 Å². The van der Waals surface area contributed by atoms with Crippen molar-refractivity contribution in [3.63, 3.8) is 0 Å². The van der Waals surface area contributed by atoms with E-state index in [4.69, 9.17) is 0 Å². The van der Waals surface area contributed by atoms with Gasteiger partial charge in [0.25, 0.3) is 0 Å². The van der Waals surface area contributed by atoms with Gasteiger partial charge in [0.05, 0.1) is 6.10 Å². The average molecular weight is 328 g/mol. The predicted molar refractivity (Wildman–Crippen MR) is 73.3 cm³/mol. The zero-order valence-corrected chi connectivity index (χ0v) is 12.0. The first kappa shape index (κ1) is 14.4. The second-order valence-corrected chi connectivity index (χ2v) is 5.66. The van der Waals surface area contributed by atoms with Crippen LogP contribution < -0.4 is 10.6 Å². The summed E-state index contributed by atoms with van der Waals surface area (Å²) < 4.78 is 1.17. The number of hydrogen-bond acceptors (Lipinski definition) is 4. The highest BCUT2D eigenvalue weighted by molar-refractivity contribution is 9.10. The van der Waals surface area contributed by atoms with Gasteiger partial charge in [0.1, 0.15) is 0 Å². The van der Waals surface area contributed by atoms with Crippen LogP contribution in [0.3, 0.4) is 0 Å². The van der Waals surface area contributed by atoms with Crippen molar-refractivity contribution in [1.29, 1.82) is 0 Å². The zero-order chi connectivity index (χ0) is 10.7. The molecule has 0 saturated carbocycles. The highest BCUT2D eigenvalue weighted by atomic mass is 79.9. The van der Waals surface area contributed by atoms with Crippen molar-refractivity contribution in [3.05, 3.63) is 20.8 Å². The van der Waals surface area contributed by atoms with E-state index in [1.54, 1.807) is 11.3 Å². The van der Waals surface area contributed by atoms with E-state index in [-0.39, 0.29) is 18.5 Å². The van der Waals surface area contributed by atoms with E-state index in [0.717, 1.165) is 26.2 Å². The SMILES string of the molecule is Cl.OC1CNCC1CNCc1sccc1Br. The Labute approximate surface area is 114 Å². The molecule has 0 radical (unpaired) electrons. The van der Waals surface area contributed by atoms with Gasteiger partial charge in [-0.1, -0.05) is 0 Å². The van der Waals surface area contributed by atoms with Crippen molar-refractivity contribution in [2.45, 2.75) is 12.6 Å². The van der Waals surface area contributed by atoms with Crippen molar-refractivity contribution < 1.29 is 5.11 Å². The molecule has 0 spiro atoms. The number of aliphatic hydroxyl groups excluding tert-OH is 1. The Kier molecular flexibility index (Phi) is 6.25. The molecule has 2 heterocycles. The summed E-state index contributed by atoms with van der Waals surface area (Å²) in [5.41, 5.74) is 0. The molecule has 3 N–H and O–H groups in total. The Morgan fingerprint density at radius 2 is 2.38 bits per heavy atom. The predicted octanol–water partition coefficient (Wildman–Crippen LogP) is 1.60. The first-order chi connectivity index (χ1) is 7.27. The van der Waals surface area contributed by atoms with Crippen molar-refractivity contribution in [1.82, 2.24) is 10.6 Å². The van der Waals surface area contributed by atoms with Gasteiger partial charge >= 0.3 is 0 Å². The van der Waals surface area contributed by atoms with Crippen LogP contribution in [0.4, 0.5) is 0 Å². The van der Waals surface area contributed by atoms with Gasteiger partial charge in [-0.05, 0) is 27.4 Å². The Bertz CT molecular complexity index is 324. The van der Waals surface area contributed by atoms with Crippen LogP contribution in [0.15, 0.2) is 15.9 Å². The average Bonchev–Trinajstić information content (AvgIpc) is 2.78. The van der Waals surface area contributed by atoms with Crippen LogP contribution in [0.2, 0.25) is 0 Å². The molecule has 1 aliphatic rings. The van der Waals surface area contributed by atoms with Gasteiger partial charge in [-0.25, -0.2) is 0 Å². The quantitative estimate of drug-likeness (QED) is 0.787. The van der Waals surface area contributed by atoms with Crippen LogP contribution in [0.1, 0.15) is 4.88 Å². The zero-order valence-electron chi connectivity index (χ0n) is 8.78. The fourth-order valence-electron chi connectivity index (χ4n) is 1.75. The van der Waals surface area contributed by atoms with E-state index in [0.29, 0.717) is 5.92 Å². The van der Waals surface area contributed by atoms with Gasteiger partial charge in [-0.2, -0.15) is 0 Å². The molecule has 0 aliphatic carbocycles. The Hall–Kier alpha value is 0.350. The van der Waals surface area contributed by atoms with Crippen LogP contribution in [-0.4, -0.2) is 30.8 Å². The highest BCUT2D eigenvalue weighted by Gasteiger charge is 2.24. The van der Waals surface area contributed by atoms with Gasteiger partial charge in [0.2, 0.25) is 0 Å². The molecule has 1 aliphatic heterocycles. The molecule has 2 rings (SSSR count). The lowest BCUT2D eigenvalue weighted by Crippen LogP contribution is -2.30. The molecular weight excluding hydrogens is 312 g/mol. The molecule has 1 saturated heterocycles. The summed E-state index contributed by atoms with van der Waals surface area (Å²) in [6.07, 6.45) is -0.190. The summed E-state index contributed by atoms with van der Waals surface area (Å²) in [6, 6.07) is 2.06. The van der Waals surface area contributed by atoms with E-state index in [2.05, 4.69) is 38.0 Å². The summed E-state index contributed by atoms with van der Waals surface area (Å²) in [4.78, 5) is 1.32. The first-order valence-corrected chi connectivity index (χ1v) is 6.76. The van der Waals surface area contributed by atoms with Crippen LogP contribution in [0.5, 0.6) is 0 Å². The largest absolute Gasteiger partial charge is 0.391 e. The van der Waals surface area contributed by atoms with Crippen LogP contribution in [0, 0.1) is 5.92 Å². The van der Waals surface area contributed by atoms with E-state index in [9.17, 15) is 5.11 Å². The topological polar surface area (TPSA) is 44.3 Å². The van der Waals surface area contributed by atoms with Crippen LogP contribution >= 0.6 is 39.7 Å². The molecule has 0 bridgehead atoms. The number of thiophene rings is 1. The van der Waals surface area contributed by atoms with Crippen molar-refractivity contribution in [2.75, 3.05) is 19.6 Å². The second-order valence-electron chi connectivity index (χ2n) is 3.81. The third kappa shape index (κ3) is 3.68. The standard InChI is InChI=1S/C10H15BrN2OS.ClH/c11-8-1-2-15-10(8)6-13-4-7-3-12-5-9(7)14;/h1-2,7,9,12-14H,3-6H2;1H.